The Morgan fingerprint density at radius 1 is 0.929 bits per heavy atom. The van der Waals surface area contributed by atoms with E-state index >= 15 is 0 Å². The monoisotopic (exact) mass is 372 g/mol. The maximum Gasteiger partial charge on any atom is 0.123 e. The number of hydrogen-bond acceptors (Lipinski definition) is 3. The molecule has 144 valence electrons. The summed E-state index contributed by atoms with van der Waals surface area (Å²) in [7, 11) is 1.76. The number of benzene rings is 3. The van der Waals surface area contributed by atoms with Gasteiger partial charge in [-0.1, -0.05) is 60.7 Å². The summed E-state index contributed by atoms with van der Waals surface area (Å²) in [5.41, 5.74) is 2.71. The first-order valence-electron chi connectivity index (χ1n) is 10.4. The van der Waals surface area contributed by atoms with Crippen molar-refractivity contribution in [2.24, 2.45) is 5.92 Å². The standard InChI is InChI=1S/C25H28N2O/c1-28-23-12-5-3-8-20(23)17-26-24-19-13-15-27(16-14-19)25(24)22-11-6-9-18-7-2-4-10-21(18)22/h2-12,19,24-26H,13-17H2,1H3. The van der Waals surface area contributed by atoms with Crippen molar-refractivity contribution in [3.8, 4) is 5.75 Å². The number of fused-ring (bicyclic) bond motifs is 4. The lowest BCUT2D eigenvalue weighted by Gasteiger charge is -2.52. The number of piperidine rings is 3. The molecule has 3 aromatic rings. The first-order valence-corrected chi connectivity index (χ1v) is 10.4. The highest BCUT2D eigenvalue weighted by Crippen LogP contribution is 2.43. The molecule has 3 saturated heterocycles. The molecule has 3 fully saturated rings. The zero-order chi connectivity index (χ0) is 18.9. The van der Waals surface area contributed by atoms with Crippen molar-refractivity contribution in [3.63, 3.8) is 0 Å². The predicted octanol–water partition coefficient (Wildman–Crippen LogP) is 4.77. The molecule has 0 aromatic heterocycles. The van der Waals surface area contributed by atoms with Crippen LogP contribution in [0.2, 0.25) is 0 Å². The van der Waals surface area contributed by atoms with E-state index in [1.165, 1.54) is 47.8 Å². The Hall–Kier alpha value is -2.36. The Morgan fingerprint density at radius 2 is 1.68 bits per heavy atom. The minimum absolute atomic E-state index is 0.438. The lowest BCUT2D eigenvalue weighted by Crippen LogP contribution is -2.57. The maximum atomic E-state index is 5.57. The molecule has 28 heavy (non-hydrogen) atoms. The Morgan fingerprint density at radius 3 is 2.54 bits per heavy atom. The summed E-state index contributed by atoms with van der Waals surface area (Å²) in [6, 6.07) is 24.9. The SMILES string of the molecule is COc1ccccc1CNC1C2CCN(CC2)C1c1cccc2ccccc12. The van der Waals surface area contributed by atoms with Gasteiger partial charge in [0.1, 0.15) is 5.75 Å². The van der Waals surface area contributed by atoms with Gasteiger partial charge >= 0.3 is 0 Å². The van der Waals surface area contributed by atoms with Crippen LogP contribution in [-0.2, 0) is 6.54 Å². The number of methoxy groups -OCH3 is 1. The molecule has 3 heterocycles. The van der Waals surface area contributed by atoms with Crippen LogP contribution in [0.15, 0.2) is 66.7 Å². The summed E-state index contributed by atoms with van der Waals surface area (Å²) in [5.74, 6) is 1.71. The number of rotatable bonds is 5. The van der Waals surface area contributed by atoms with Crippen LogP contribution in [0.25, 0.3) is 10.8 Å². The second-order valence-corrected chi connectivity index (χ2v) is 8.11. The van der Waals surface area contributed by atoms with Crippen molar-refractivity contribution < 1.29 is 4.74 Å². The molecule has 2 bridgehead atoms. The van der Waals surface area contributed by atoms with E-state index in [0.717, 1.165) is 18.2 Å². The molecule has 3 aliphatic rings. The van der Waals surface area contributed by atoms with Gasteiger partial charge in [0.15, 0.2) is 0 Å². The molecule has 2 atom stereocenters. The molecule has 1 N–H and O–H groups in total. The van der Waals surface area contributed by atoms with Crippen LogP contribution < -0.4 is 10.1 Å². The lowest BCUT2D eigenvalue weighted by molar-refractivity contribution is 0.0119. The Kier molecular flexibility index (Phi) is 4.79. The van der Waals surface area contributed by atoms with Crippen molar-refractivity contribution in [1.82, 2.24) is 10.2 Å². The van der Waals surface area contributed by atoms with Crippen molar-refractivity contribution in [2.75, 3.05) is 20.2 Å². The third kappa shape index (κ3) is 3.09. The molecule has 3 aromatic carbocycles. The minimum atomic E-state index is 0.438. The normalized spacial score (nSPS) is 26.5. The summed E-state index contributed by atoms with van der Waals surface area (Å²) in [6.07, 6.45) is 2.59. The van der Waals surface area contributed by atoms with Gasteiger partial charge in [-0.25, -0.2) is 0 Å². The topological polar surface area (TPSA) is 24.5 Å². The van der Waals surface area contributed by atoms with Crippen LogP contribution in [0.4, 0.5) is 0 Å². The Balaban J connectivity index is 1.48. The van der Waals surface area contributed by atoms with Crippen LogP contribution in [-0.4, -0.2) is 31.1 Å². The van der Waals surface area contributed by atoms with Crippen LogP contribution in [0.3, 0.4) is 0 Å². The first-order chi connectivity index (χ1) is 13.8. The van der Waals surface area contributed by atoms with Gasteiger partial charge in [-0.3, -0.25) is 4.90 Å². The van der Waals surface area contributed by atoms with Gasteiger partial charge in [0.05, 0.1) is 13.2 Å². The smallest absolute Gasteiger partial charge is 0.123 e. The molecular formula is C25H28N2O. The van der Waals surface area contributed by atoms with Gasteiger partial charge in [0.25, 0.3) is 0 Å². The van der Waals surface area contributed by atoms with E-state index in [-0.39, 0.29) is 0 Å². The van der Waals surface area contributed by atoms with Gasteiger partial charge in [-0.05, 0) is 54.3 Å². The second kappa shape index (κ2) is 7.57. The highest BCUT2D eigenvalue weighted by atomic mass is 16.5. The summed E-state index contributed by atoms with van der Waals surface area (Å²) >= 11 is 0. The molecule has 0 spiro atoms. The third-order valence-electron chi connectivity index (χ3n) is 6.68. The number of ether oxygens (including phenoxy) is 1. The summed E-state index contributed by atoms with van der Waals surface area (Å²) in [6.45, 7) is 3.27. The Bertz CT molecular complexity index is 956. The first kappa shape index (κ1) is 17.7. The number of hydrogen-bond donors (Lipinski definition) is 1. The lowest BCUT2D eigenvalue weighted by atomic mass is 9.75. The molecule has 3 heteroatoms. The number of nitrogens with one attached hydrogen (secondary N) is 1. The summed E-state index contributed by atoms with van der Waals surface area (Å²) < 4.78 is 5.57. The van der Waals surface area contributed by atoms with Crippen LogP contribution in [0.5, 0.6) is 5.75 Å². The zero-order valence-electron chi connectivity index (χ0n) is 16.5. The quantitative estimate of drug-likeness (QED) is 0.698. The fourth-order valence-electron chi connectivity index (χ4n) is 5.30. The van der Waals surface area contributed by atoms with Gasteiger partial charge in [0.2, 0.25) is 0 Å². The fourth-order valence-corrected chi connectivity index (χ4v) is 5.30. The minimum Gasteiger partial charge on any atom is -0.496 e. The van der Waals surface area contributed by atoms with E-state index in [1.807, 2.05) is 6.07 Å². The fraction of sp³-hybridized carbons (Fsp3) is 0.360. The number of nitrogens with zero attached hydrogens (tertiary/aromatic N) is 1. The van der Waals surface area contributed by atoms with Crippen molar-refractivity contribution in [1.29, 1.82) is 0 Å². The average Bonchev–Trinajstić information content (AvgIpc) is 2.78. The van der Waals surface area contributed by atoms with Gasteiger partial charge in [-0.15, -0.1) is 0 Å². The molecule has 0 saturated carbocycles. The van der Waals surface area contributed by atoms with Crippen molar-refractivity contribution >= 4 is 10.8 Å². The van der Waals surface area contributed by atoms with Gasteiger partial charge < -0.3 is 10.1 Å². The van der Waals surface area contributed by atoms with E-state index in [1.54, 1.807) is 7.11 Å². The molecule has 3 nitrogen and oxygen atoms in total. The largest absolute Gasteiger partial charge is 0.496 e. The zero-order valence-corrected chi connectivity index (χ0v) is 16.5. The van der Waals surface area contributed by atoms with Crippen molar-refractivity contribution in [3.05, 3.63) is 77.9 Å². The highest BCUT2D eigenvalue weighted by Gasteiger charge is 2.43. The average molecular weight is 373 g/mol. The molecule has 0 radical (unpaired) electrons. The van der Waals surface area contributed by atoms with Crippen LogP contribution >= 0.6 is 0 Å². The van der Waals surface area contributed by atoms with E-state index in [4.69, 9.17) is 4.74 Å². The third-order valence-corrected chi connectivity index (χ3v) is 6.68. The van der Waals surface area contributed by atoms with E-state index in [2.05, 4.69) is 70.9 Å². The van der Waals surface area contributed by atoms with Gasteiger partial charge in [-0.2, -0.15) is 0 Å². The highest BCUT2D eigenvalue weighted by molar-refractivity contribution is 5.86. The van der Waals surface area contributed by atoms with E-state index in [0.29, 0.717) is 12.1 Å². The van der Waals surface area contributed by atoms with Crippen LogP contribution in [0.1, 0.15) is 30.0 Å². The van der Waals surface area contributed by atoms with E-state index in [9.17, 15) is 0 Å². The maximum absolute atomic E-state index is 5.57. The second-order valence-electron chi connectivity index (χ2n) is 8.11. The molecule has 0 aliphatic carbocycles. The summed E-state index contributed by atoms with van der Waals surface area (Å²) in [4.78, 5) is 2.70. The molecule has 2 unspecified atom stereocenters. The Labute approximate surface area is 167 Å². The predicted molar refractivity (Wildman–Crippen MR) is 115 cm³/mol. The van der Waals surface area contributed by atoms with Crippen molar-refractivity contribution in [2.45, 2.75) is 31.5 Å². The van der Waals surface area contributed by atoms with Crippen LogP contribution in [0, 0.1) is 5.92 Å². The molecule has 6 rings (SSSR count). The summed E-state index contributed by atoms with van der Waals surface area (Å²) in [5, 5.41) is 6.67. The van der Waals surface area contributed by atoms with E-state index < -0.39 is 0 Å². The number of para-hydroxylation sites is 1. The molecule has 3 aliphatic heterocycles. The van der Waals surface area contributed by atoms with Gasteiger partial charge in [0, 0.05) is 18.2 Å². The molecular weight excluding hydrogens is 344 g/mol. The molecule has 0 amide bonds.